The summed E-state index contributed by atoms with van der Waals surface area (Å²) in [6, 6.07) is 4.55. The largest absolute Gasteiger partial charge is 0.870 e. The van der Waals surface area contributed by atoms with Gasteiger partial charge in [-0.15, -0.1) is 0 Å². The van der Waals surface area contributed by atoms with Gasteiger partial charge in [-0.25, -0.2) is 0 Å². The van der Waals surface area contributed by atoms with Gasteiger partial charge in [0.25, 0.3) is 0 Å². The van der Waals surface area contributed by atoms with Crippen molar-refractivity contribution in [1.29, 1.82) is 0 Å². The second-order valence-electron chi connectivity index (χ2n) is 5.58. The smallest absolute Gasteiger partial charge is 0.870 e. The fourth-order valence-electron chi connectivity index (χ4n) is 2.01. The van der Waals surface area contributed by atoms with Crippen LogP contribution >= 0.6 is 0 Å². The molecule has 0 aliphatic heterocycles. The van der Waals surface area contributed by atoms with Crippen molar-refractivity contribution in [3.63, 3.8) is 0 Å². The van der Waals surface area contributed by atoms with E-state index < -0.39 is 0 Å². The molecule has 0 amide bonds. The van der Waals surface area contributed by atoms with Crippen LogP contribution in [-0.4, -0.2) is 18.8 Å². The maximum Gasteiger partial charge on any atom is -0.870 e. The molecule has 100 valence electrons. The van der Waals surface area contributed by atoms with Crippen LogP contribution in [0.4, 0.5) is 0 Å². The first-order chi connectivity index (χ1) is 7.34. The second kappa shape index (κ2) is 7.60. The monoisotopic (exact) mass is 248 g/mol. The molecule has 0 fully saturated rings. The van der Waals surface area contributed by atoms with Gasteiger partial charge in [0.2, 0.25) is 0 Å². The summed E-state index contributed by atoms with van der Waals surface area (Å²) in [5.41, 5.74) is 5.00. The summed E-state index contributed by atoms with van der Waals surface area (Å²) in [5.74, 6) is 1.56. The second-order valence-corrected chi connectivity index (χ2v) is 5.58. The zero-order valence-corrected chi connectivity index (χ0v) is 12.4. The van der Waals surface area contributed by atoms with Crippen LogP contribution in [0.3, 0.4) is 0 Å². The first-order valence-electron chi connectivity index (χ1n) is 6.27. The number of benzene rings is 1. The zero-order valence-electron chi connectivity index (χ0n) is 12.4. The number of hydrogen-bond acceptors (Lipinski definition) is 2. The Morgan fingerprint density at radius 2 is 1.06 bits per heavy atom. The van der Waals surface area contributed by atoms with E-state index in [0.717, 1.165) is 5.46 Å². The third-order valence-corrected chi connectivity index (χ3v) is 3.18. The number of rotatable bonds is 3. The Balaban J connectivity index is 0. The van der Waals surface area contributed by atoms with Gasteiger partial charge in [0, 0.05) is 0 Å². The molecule has 0 spiro atoms. The van der Waals surface area contributed by atoms with E-state index in [-0.39, 0.29) is 11.0 Å². The molecule has 2 nitrogen and oxygen atoms in total. The van der Waals surface area contributed by atoms with E-state index in [1.165, 1.54) is 16.7 Å². The molecule has 1 aromatic rings. The van der Waals surface area contributed by atoms with Gasteiger partial charge >= 0.3 is 101 Å². The molecule has 0 saturated carbocycles. The zero-order chi connectivity index (χ0) is 12.5. The molecule has 0 aliphatic rings. The molecule has 0 heterocycles. The molecule has 0 bridgehead atoms. The van der Waals surface area contributed by atoms with Crippen molar-refractivity contribution in [2.45, 2.75) is 59.3 Å². The van der Waals surface area contributed by atoms with Gasteiger partial charge in [-0.2, -0.15) is 0 Å². The summed E-state index contributed by atoms with van der Waals surface area (Å²) < 4.78 is 0. The molecule has 0 aliphatic carbocycles. The maximum atomic E-state index is 6.25. The normalized spacial score (nSPS) is 10.6. The van der Waals surface area contributed by atoms with Crippen molar-refractivity contribution in [2.24, 2.45) is 0 Å². The molecular weight excluding hydrogens is 223 g/mol. The predicted octanol–water partition coefficient (Wildman–Crippen LogP) is 3.50. The third kappa shape index (κ3) is 4.15. The van der Waals surface area contributed by atoms with Crippen LogP contribution in [0.2, 0.25) is 0 Å². The molecule has 0 radical (unpaired) electrons. The fraction of sp³-hybridized carbons (Fsp3) is 0.600. The van der Waals surface area contributed by atoms with Gasteiger partial charge in [0.05, 0.1) is 0 Å². The average molecular weight is 248 g/mol. The van der Waals surface area contributed by atoms with Gasteiger partial charge < -0.3 is 11.0 Å². The quantitative estimate of drug-likeness (QED) is 0.768. The van der Waals surface area contributed by atoms with E-state index in [0.29, 0.717) is 17.8 Å². The van der Waals surface area contributed by atoms with E-state index in [1.54, 1.807) is 0 Å². The van der Waals surface area contributed by atoms with Crippen LogP contribution in [0.1, 0.15) is 76.0 Å². The predicted molar refractivity (Wildman–Crippen MR) is 78.0 cm³/mol. The molecular formula is C15H25BO2. The standard InChI is InChI=1S/C15H23B.2H2O/c1-9(2)12-7-13(10(3)4)15(16)14(8-12)11(5)6;;/h7-11H,1-6H3;2*1H2/q+2;;/p-2. The Kier molecular flexibility index (Phi) is 8.25. The minimum Gasteiger partial charge on any atom is -0.870 e. The fourth-order valence-corrected chi connectivity index (χ4v) is 2.01. The van der Waals surface area contributed by atoms with Crippen LogP contribution < -0.4 is 5.46 Å². The van der Waals surface area contributed by atoms with Crippen molar-refractivity contribution < 1.29 is 11.0 Å². The molecule has 2 N–H and O–H groups in total. The summed E-state index contributed by atoms with van der Waals surface area (Å²) in [5, 5.41) is 0. The van der Waals surface area contributed by atoms with Gasteiger partial charge in [-0.1, -0.05) is 0 Å². The Bertz CT molecular complexity index is 342. The van der Waals surface area contributed by atoms with Crippen molar-refractivity contribution in [3.05, 3.63) is 28.8 Å². The van der Waals surface area contributed by atoms with Crippen LogP contribution in [0.5, 0.6) is 0 Å². The van der Waals surface area contributed by atoms with Crippen LogP contribution in [0.25, 0.3) is 0 Å². The Labute approximate surface area is 113 Å². The Hall–Kier alpha value is -0.795. The van der Waals surface area contributed by atoms with Crippen molar-refractivity contribution in [2.75, 3.05) is 0 Å². The summed E-state index contributed by atoms with van der Waals surface area (Å²) in [7, 11) is 6.25. The third-order valence-electron chi connectivity index (χ3n) is 3.18. The summed E-state index contributed by atoms with van der Waals surface area (Å²) in [6.07, 6.45) is 0. The van der Waals surface area contributed by atoms with Crippen LogP contribution in [0, 0.1) is 0 Å². The summed E-state index contributed by atoms with van der Waals surface area (Å²) in [4.78, 5) is 0. The van der Waals surface area contributed by atoms with Crippen LogP contribution in [-0.2, 0) is 0 Å². The molecule has 0 atom stereocenters. The Morgan fingerprint density at radius 1 is 0.722 bits per heavy atom. The van der Waals surface area contributed by atoms with Gasteiger partial charge in [0.1, 0.15) is 0 Å². The maximum absolute atomic E-state index is 6.25. The van der Waals surface area contributed by atoms with Gasteiger partial charge in [-0.05, 0) is 0 Å². The first kappa shape index (κ1) is 19.5. The topological polar surface area (TPSA) is 60.0 Å². The Morgan fingerprint density at radius 3 is 1.28 bits per heavy atom. The molecule has 0 saturated heterocycles. The van der Waals surface area contributed by atoms with E-state index >= 15 is 0 Å². The number of hydrogen-bond donors (Lipinski definition) is 0. The molecule has 1 rings (SSSR count). The van der Waals surface area contributed by atoms with E-state index in [1.807, 2.05) is 0 Å². The summed E-state index contributed by atoms with van der Waals surface area (Å²) >= 11 is 0. The SMILES string of the molecule is [B+2]c1c(C(C)C)cc(C(C)C)cc1C(C)C.[OH-].[OH-]. The van der Waals surface area contributed by atoms with Crippen molar-refractivity contribution >= 4 is 13.3 Å². The minimum absolute atomic E-state index is 0. The molecule has 18 heavy (non-hydrogen) atoms. The molecule has 3 heteroatoms. The minimum atomic E-state index is 0. The molecule has 1 aromatic carbocycles. The molecule has 0 aromatic heterocycles. The van der Waals surface area contributed by atoms with Gasteiger partial charge in [0.15, 0.2) is 0 Å². The van der Waals surface area contributed by atoms with Crippen molar-refractivity contribution in [3.8, 4) is 0 Å². The van der Waals surface area contributed by atoms with E-state index in [2.05, 4.69) is 53.7 Å². The molecule has 0 unspecified atom stereocenters. The summed E-state index contributed by atoms with van der Waals surface area (Å²) in [6.45, 7) is 13.3. The van der Waals surface area contributed by atoms with Gasteiger partial charge in [-0.3, -0.25) is 0 Å². The van der Waals surface area contributed by atoms with E-state index in [4.69, 9.17) is 7.85 Å². The van der Waals surface area contributed by atoms with E-state index in [9.17, 15) is 0 Å². The van der Waals surface area contributed by atoms with Crippen LogP contribution in [0.15, 0.2) is 12.1 Å². The average Bonchev–Trinajstić information content (AvgIpc) is 2.16. The first-order valence-corrected chi connectivity index (χ1v) is 6.27. The van der Waals surface area contributed by atoms with Crippen molar-refractivity contribution in [1.82, 2.24) is 0 Å².